The van der Waals surface area contributed by atoms with Gasteiger partial charge in [-0.25, -0.2) is 0 Å². The lowest BCUT2D eigenvalue weighted by atomic mass is 10.4. The van der Waals surface area contributed by atoms with Crippen molar-refractivity contribution in [3.05, 3.63) is 27.1 Å². The molecule has 17 heavy (non-hydrogen) atoms. The van der Waals surface area contributed by atoms with Crippen molar-refractivity contribution in [3.8, 4) is 0 Å². The van der Waals surface area contributed by atoms with Crippen molar-refractivity contribution in [2.45, 2.75) is 0 Å². The summed E-state index contributed by atoms with van der Waals surface area (Å²) in [5.41, 5.74) is 0. The molecule has 0 aromatic carbocycles. The minimum Gasteiger partial charge on any atom is -0.303 e. The molecule has 2 heterocycles. The van der Waals surface area contributed by atoms with Crippen LogP contribution in [0.5, 0.6) is 0 Å². The Morgan fingerprint density at radius 3 is 2.71 bits per heavy atom. The predicted octanol–water partition coefficient (Wildman–Crippen LogP) is 1.24. The van der Waals surface area contributed by atoms with Crippen LogP contribution in [0.25, 0.3) is 0 Å². The number of hydrogen-bond donors (Lipinski definition) is 0. The molecule has 0 amide bonds. The third-order valence-corrected chi connectivity index (χ3v) is 3.59. The molecular weight excluding hydrogens is 240 g/mol. The van der Waals surface area contributed by atoms with E-state index in [2.05, 4.69) is 17.0 Å². The molecule has 0 spiro atoms. The maximum absolute atomic E-state index is 10.5. The van der Waals surface area contributed by atoms with Crippen molar-refractivity contribution >= 4 is 22.6 Å². The van der Waals surface area contributed by atoms with E-state index in [4.69, 9.17) is 0 Å². The predicted molar refractivity (Wildman–Crippen MR) is 67.6 cm³/mol. The van der Waals surface area contributed by atoms with Crippen LogP contribution >= 0.6 is 11.3 Å². The van der Waals surface area contributed by atoms with Gasteiger partial charge in [-0.2, -0.15) is 5.10 Å². The third kappa shape index (κ3) is 3.24. The van der Waals surface area contributed by atoms with Crippen molar-refractivity contribution in [1.29, 1.82) is 0 Å². The second-order valence-corrected chi connectivity index (χ2v) is 5.03. The standard InChI is InChI=1S/C10H14N4O2S/c1-12-4-6-13(7-5-12)11-8-9-2-3-10(17-9)14(15)16/h2-3,8H,4-7H2,1H3. The zero-order valence-corrected chi connectivity index (χ0v) is 10.4. The second kappa shape index (κ2) is 5.24. The Balaban J connectivity index is 1.93. The van der Waals surface area contributed by atoms with Gasteiger partial charge < -0.3 is 4.90 Å². The van der Waals surface area contributed by atoms with E-state index in [9.17, 15) is 10.1 Å². The number of piperazine rings is 1. The molecule has 1 saturated heterocycles. The first kappa shape index (κ1) is 12.0. The molecule has 0 atom stereocenters. The highest BCUT2D eigenvalue weighted by molar-refractivity contribution is 7.16. The van der Waals surface area contributed by atoms with Gasteiger partial charge in [0.15, 0.2) is 0 Å². The van der Waals surface area contributed by atoms with Gasteiger partial charge >= 0.3 is 5.00 Å². The van der Waals surface area contributed by atoms with Crippen molar-refractivity contribution in [2.75, 3.05) is 33.2 Å². The van der Waals surface area contributed by atoms with Crippen LogP contribution in [0, 0.1) is 10.1 Å². The molecule has 0 aliphatic carbocycles. The lowest BCUT2D eigenvalue weighted by Gasteiger charge is -2.30. The molecular formula is C10H14N4O2S. The van der Waals surface area contributed by atoms with Gasteiger partial charge in [-0.1, -0.05) is 11.3 Å². The molecule has 1 aromatic rings. The van der Waals surface area contributed by atoms with Gasteiger partial charge in [0.05, 0.1) is 16.0 Å². The fourth-order valence-electron chi connectivity index (χ4n) is 1.56. The number of rotatable bonds is 3. The Kier molecular flexibility index (Phi) is 3.70. The molecule has 1 aromatic heterocycles. The summed E-state index contributed by atoms with van der Waals surface area (Å²) in [6.45, 7) is 3.81. The maximum atomic E-state index is 10.5. The smallest absolute Gasteiger partial charge is 0.303 e. The molecule has 0 saturated carbocycles. The molecule has 1 aliphatic rings. The van der Waals surface area contributed by atoms with Crippen LogP contribution in [0.3, 0.4) is 0 Å². The molecule has 1 fully saturated rings. The first-order chi connectivity index (χ1) is 8.15. The van der Waals surface area contributed by atoms with Crippen LogP contribution < -0.4 is 0 Å². The average molecular weight is 254 g/mol. The first-order valence-corrected chi connectivity index (χ1v) is 6.18. The zero-order chi connectivity index (χ0) is 12.3. The minimum atomic E-state index is -0.377. The summed E-state index contributed by atoms with van der Waals surface area (Å²) in [5.74, 6) is 0. The molecule has 7 heteroatoms. The molecule has 6 nitrogen and oxygen atoms in total. The monoisotopic (exact) mass is 254 g/mol. The van der Waals surface area contributed by atoms with E-state index in [0.717, 1.165) is 42.4 Å². The Bertz CT molecular complexity index is 424. The van der Waals surface area contributed by atoms with Gasteiger partial charge in [0, 0.05) is 32.2 Å². The van der Waals surface area contributed by atoms with Gasteiger partial charge in [-0.15, -0.1) is 0 Å². The fraction of sp³-hybridized carbons (Fsp3) is 0.500. The van der Waals surface area contributed by atoms with Crippen molar-refractivity contribution in [3.63, 3.8) is 0 Å². The van der Waals surface area contributed by atoms with Gasteiger partial charge in [0.1, 0.15) is 0 Å². The van der Waals surface area contributed by atoms with Crippen LogP contribution in [-0.4, -0.2) is 54.3 Å². The van der Waals surface area contributed by atoms with E-state index in [-0.39, 0.29) is 9.92 Å². The van der Waals surface area contributed by atoms with Gasteiger partial charge in [0.2, 0.25) is 0 Å². The highest BCUT2D eigenvalue weighted by Gasteiger charge is 2.12. The second-order valence-electron chi connectivity index (χ2n) is 3.93. The topological polar surface area (TPSA) is 62.0 Å². The quantitative estimate of drug-likeness (QED) is 0.462. The molecule has 0 N–H and O–H groups in total. The third-order valence-electron chi connectivity index (χ3n) is 2.62. The lowest BCUT2D eigenvalue weighted by Crippen LogP contribution is -2.41. The summed E-state index contributed by atoms with van der Waals surface area (Å²) in [6, 6.07) is 3.23. The fourth-order valence-corrected chi connectivity index (χ4v) is 2.25. The summed E-state index contributed by atoms with van der Waals surface area (Å²) in [5, 5.41) is 17.0. The van der Waals surface area contributed by atoms with Crippen LogP contribution in [0.1, 0.15) is 4.88 Å². The lowest BCUT2D eigenvalue weighted by molar-refractivity contribution is -0.380. The molecule has 2 rings (SSSR count). The zero-order valence-electron chi connectivity index (χ0n) is 9.57. The van der Waals surface area contributed by atoms with Crippen molar-refractivity contribution in [1.82, 2.24) is 9.91 Å². The van der Waals surface area contributed by atoms with Gasteiger partial charge in [-0.05, 0) is 13.1 Å². The summed E-state index contributed by atoms with van der Waals surface area (Å²) < 4.78 is 0. The van der Waals surface area contributed by atoms with Crippen molar-refractivity contribution < 1.29 is 4.92 Å². The van der Waals surface area contributed by atoms with E-state index < -0.39 is 0 Å². The van der Waals surface area contributed by atoms with Gasteiger partial charge in [0.25, 0.3) is 0 Å². The number of hydrazone groups is 1. The van der Waals surface area contributed by atoms with E-state index in [1.807, 2.05) is 5.01 Å². The normalized spacial score (nSPS) is 17.8. The number of likely N-dealkylation sites (N-methyl/N-ethyl adjacent to an activating group) is 1. The molecule has 0 radical (unpaired) electrons. The highest BCUT2D eigenvalue weighted by Crippen LogP contribution is 2.22. The van der Waals surface area contributed by atoms with Crippen LogP contribution in [0.4, 0.5) is 5.00 Å². The first-order valence-electron chi connectivity index (χ1n) is 5.37. The minimum absolute atomic E-state index is 0.157. The van der Waals surface area contributed by atoms with E-state index in [1.54, 1.807) is 12.3 Å². The molecule has 1 aliphatic heterocycles. The van der Waals surface area contributed by atoms with Crippen molar-refractivity contribution in [2.24, 2.45) is 5.10 Å². The number of hydrogen-bond acceptors (Lipinski definition) is 6. The highest BCUT2D eigenvalue weighted by atomic mass is 32.1. The Hall–Kier alpha value is -1.47. The van der Waals surface area contributed by atoms with E-state index in [1.165, 1.54) is 6.07 Å². The Labute approximate surface area is 103 Å². The van der Waals surface area contributed by atoms with Gasteiger partial charge in [-0.3, -0.25) is 15.1 Å². The summed E-state index contributed by atoms with van der Waals surface area (Å²) in [7, 11) is 2.09. The molecule has 92 valence electrons. The Morgan fingerprint density at radius 1 is 1.41 bits per heavy atom. The molecule has 0 bridgehead atoms. The summed E-state index contributed by atoms with van der Waals surface area (Å²) >= 11 is 1.14. The van der Waals surface area contributed by atoms with E-state index in [0.29, 0.717) is 0 Å². The van der Waals surface area contributed by atoms with Crippen LogP contribution in [-0.2, 0) is 0 Å². The average Bonchev–Trinajstić information content (AvgIpc) is 2.77. The van der Waals surface area contributed by atoms with Crippen LogP contribution in [0.15, 0.2) is 17.2 Å². The Morgan fingerprint density at radius 2 is 2.12 bits per heavy atom. The largest absolute Gasteiger partial charge is 0.324 e. The molecule has 0 unspecified atom stereocenters. The SMILES string of the molecule is CN1CCN(N=Cc2ccc([N+](=O)[O-])s2)CC1. The van der Waals surface area contributed by atoms with E-state index >= 15 is 0 Å². The number of nitro groups is 1. The summed E-state index contributed by atoms with van der Waals surface area (Å²) in [6.07, 6.45) is 1.70. The number of nitrogens with zero attached hydrogens (tertiary/aromatic N) is 4. The summed E-state index contributed by atoms with van der Waals surface area (Å²) in [4.78, 5) is 13.2. The van der Waals surface area contributed by atoms with Crippen LogP contribution in [0.2, 0.25) is 0 Å². The maximum Gasteiger partial charge on any atom is 0.324 e. The number of thiophene rings is 1.